The average Bonchev–Trinajstić information content (AvgIpc) is 2.35. The minimum Gasteiger partial charge on any atom is -0.497 e. The van der Waals surface area contributed by atoms with E-state index in [2.05, 4.69) is 0 Å². The SMILES string of the molecule is COC(=O)C(C)c1cc(OC)cc(OC)c1. The molecular formula is C12H16O4. The Morgan fingerprint density at radius 1 is 1.06 bits per heavy atom. The molecule has 0 radical (unpaired) electrons. The summed E-state index contributed by atoms with van der Waals surface area (Å²) in [7, 11) is 4.51. The van der Waals surface area contributed by atoms with E-state index in [1.807, 2.05) is 0 Å². The van der Waals surface area contributed by atoms with Crippen LogP contribution >= 0.6 is 0 Å². The van der Waals surface area contributed by atoms with Crippen LogP contribution in [0.4, 0.5) is 0 Å². The van der Waals surface area contributed by atoms with Crippen LogP contribution in [0.1, 0.15) is 18.4 Å². The predicted molar refractivity (Wildman–Crippen MR) is 60.0 cm³/mol. The number of hydrogen-bond acceptors (Lipinski definition) is 4. The summed E-state index contributed by atoms with van der Waals surface area (Å²) in [4.78, 5) is 11.4. The van der Waals surface area contributed by atoms with Gasteiger partial charge >= 0.3 is 5.97 Å². The van der Waals surface area contributed by atoms with Gasteiger partial charge in [0.05, 0.1) is 27.2 Å². The molecule has 0 saturated carbocycles. The molecule has 1 aromatic rings. The first-order chi connectivity index (χ1) is 7.62. The molecule has 0 aliphatic rings. The zero-order valence-corrected chi connectivity index (χ0v) is 9.94. The van der Waals surface area contributed by atoms with Crippen molar-refractivity contribution in [2.45, 2.75) is 12.8 Å². The maximum Gasteiger partial charge on any atom is 0.312 e. The summed E-state index contributed by atoms with van der Waals surface area (Å²) >= 11 is 0. The van der Waals surface area contributed by atoms with Crippen molar-refractivity contribution in [1.82, 2.24) is 0 Å². The van der Waals surface area contributed by atoms with E-state index in [-0.39, 0.29) is 11.9 Å². The van der Waals surface area contributed by atoms with Gasteiger partial charge in [-0.05, 0) is 24.6 Å². The highest BCUT2D eigenvalue weighted by atomic mass is 16.5. The van der Waals surface area contributed by atoms with Crippen LogP contribution in [-0.2, 0) is 9.53 Å². The summed E-state index contributed by atoms with van der Waals surface area (Å²) in [6, 6.07) is 5.35. The number of methoxy groups -OCH3 is 3. The molecule has 0 amide bonds. The third-order valence-corrected chi connectivity index (χ3v) is 2.43. The van der Waals surface area contributed by atoms with Crippen LogP contribution < -0.4 is 9.47 Å². The number of benzene rings is 1. The van der Waals surface area contributed by atoms with Gasteiger partial charge in [0.15, 0.2) is 0 Å². The molecular weight excluding hydrogens is 208 g/mol. The van der Waals surface area contributed by atoms with Gasteiger partial charge < -0.3 is 14.2 Å². The van der Waals surface area contributed by atoms with Gasteiger partial charge in [-0.25, -0.2) is 0 Å². The third-order valence-electron chi connectivity index (χ3n) is 2.43. The van der Waals surface area contributed by atoms with Crippen LogP contribution in [0.2, 0.25) is 0 Å². The lowest BCUT2D eigenvalue weighted by molar-refractivity contribution is -0.141. The Bertz CT molecular complexity index is 351. The summed E-state index contributed by atoms with van der Waals surface area (Å²) in [5.74, 6) is 0.694. The summed E-state index contributed by atoms with van der Waals surface area (Å²) in [5.41, 5.74) is 0.808. The first-order valence-electron chi connectivity index (χ1n) is 4.93. The maximum absolute atomic E-state index is 11.4. The Hall–Kier alpha value is -1.71. The van der Waals surface area contributed by atoms with Crippen molar-refractivity contribution in [3.63, 3.8) is 0 Å². The highest BCUT2D eigenvalue weighted by molar-refractivity contribution is 5.77. The molecule has 4 nitrogen and oxygen atoms in total. The van der Waals surface area contributed by atoms with Crippen molar-refractivity contribution >= 4 is 5.97 Å². The fraction of sp³-hybridized carbons (Fsp3) is 0.417. The largest absolute Gasteiger partial charge is 0.497 e. The van der Waals surface area contributed by atoms with Gasteiger partial charge in [0.1, 0.15) is 11.5 Å². The summed E-state index contributed by atoms with van der Waals surface area (Å²) < 4.78 is 15.0. The molecule has 0 spiro atoms. The number of ether oxygens (including phenoxy) is 3. The molecule has 0 N–H and O–H groups in total. The molecule has 4 heteroatoms. The zero-order valence-electron chi connectivity index (χ0n) is 9.94. The van der Waals surface area contributed by atoms with Gasteiger partial charge in [-0.15, -0.1) is 0 Å². The van der Waals surface area contributed by atoms with Crippen LogP contribution in [0.25, 0.3) is 0 Å². The van der Waals surface area contributed by atoms with Crippen molar-refractivity contribution in [3.8, 4) is 11.5 Å². The van der Waals surface area contributed by atoms with Gasteiger partial charge in [-0.3, -0.25) is 4.79 Å². The summed E-state index contributed by atoms with van der Waals surface area (Å²) in [5, 5.41) is 0. The van der Waals surface area contributed by atoms with E-state index in [0.29, 0.717) is 11.5 Å². The first kappa shape index (κ1) is 12.4. The van der Waals surface area contributed by atoms with Gasteiger partial charge in [-0.2, -0.15) is 0 Å². The molecule has 0 saturated heterocycles. The van der Waals surface area contributed by atoms with E-state index < -0.39 is 0 Å². The minimum absolute atomic E-state index is 0.282. The molecule has 0 heterocycles. The summed E-state index contributed by atoms with van der Waals surface area (Å²) in [6.07, 6.45) is 0. The number of esters is 1. The molecule has 1 aromatic carbocycles. The normalized spacial score (nSPS) is 11.8. The number of carbonyl (C=O) groups is 1. The molecule has 0 aliphatic heterocycles. The molecule has 16 heavy (non-hydrogen) atoms. The van der Waals surface area contributed by atoms with Crippen molar-refractivity contribution in [2.24, 2.45) is 0 Å². The van der Waals surface area contributed by atoms with E-state index in [1.54, 1.807) is 39.3 Å². The van der Waals surface area contributed by atoms with Crippen LogP contribution in [0, 0.1) is 0 Å². The Morgan fingerprint density at radius 3 is 1.94 bits per heavy atom. The highest BCUT2D eigenvalue weighted by Gasteiger charge is 2.17. The molecule has 0 aromatic heterocycles. The van der Waals surface area contributed by atoms with Crippen molar-refractivity contribution in [2.75, 3.05) is 21.3 Å². The molecule has 1 atom stereocenters. The van der Waals surface area contributed by atoms with E-state index in [9.17, 15) is 4.79 Å². The Kier molecular flexibility index (Phi) is 4.17. The lowest BCUT2D eigenvalue weighted by Gasteiger charge is -2.12. The Morgan fingerprint density at radius 2 is 1.56 bits per heavy atom. The highest BCUT2D eigenvalue weighted by Crippen LogP contribution is 2.27. The van der Waals surface area contributed by atoms with Crippen LogP contribution in [0.3, 0.4) is 0 Å². The lowest BCUT2D eigenvalue weighted by Crippen LogP contribution is -2.11. The van der Waals surface area contributed by atoms with Crippen molar-refractivity contribution in [3.05, 3.63) is 23.8 Å². The molecule has 88 valence electrons. The second-order valence-electron chi connectivity index (χ2n) is 3.39. The third kappa shape index (κ3) is 2.66. The average molecular weight is 224 g/mol. The first-order valence-corrected chi connectivity index (χ1v) is 4.93. The number of hydrogen-bond donors (Lipinski definition) is 0. The number of rotatable bonds is 4. The van der Waals surface area contributed by atoms with Crippen LogP contribution in [0.5, 0.6) is 11.5 Å². The van der Waals surface area contributed by atoms with Gasteiger partial charge in [0.2, 0.25) is 0 Å². The number of carbonyl (C=O) groups excluding carboxylic acids is 1. The molecule has 1 unspecified atom stereocenters. The van der Waals surface area contributed by atoms with Crippen LogP contribution in [-0.4, -0.2) is 27.3 Å². The van der Waals surface area contributed by atoms with Gasteiger partial charge in [-0.1, -0.05) is 0 Å². The minimum atomic E-state index is -0.339. The van der Waals surface area contributed by atoms with E-state index in [4.69, 9.17) is 14.2 Å². The molecule has 1 rings (SSSR count). The zero-order chi connectivity index (χ0) is 12.1. The van der Waals surface area contributed by atoms with Gasteiger partial charge in [0.25, 0.3) is 0 Å². The summed E-state index contributed by atoms with van der Waals surface area (Å²) in [6.45, 7) is 1.78. The maximum atomic E-state index is 11.4. The second kappa shape index (κ2) is 5.39. The molecule has 0 bridgehead atoms. The predicted octanol–water partition coefficient (Wildman–Crippen LogP) is 1.98. The lowest BCUT2D eigenvalue weighted by atomic mass is 10.0. The fourth-order valence-electron chi connectivity index (χ4n) is 1.39. The van der Waals surface area contributed by atoms with E-state index >= 15 is 0 Å². The van der Waals surface area contributed by atoms with Crippen LogP contribution in [0.15, 0.2) is 18.2 Å². The molecule has 0 fully saturated rings. The van der Waals surface area contributed by atoms with E-state index in [0.717, 1.165) is 5.56 Å². The second-order valence-corrected chi connectivity index (χ2v) is 3.39. The smallest absolute Gasteiger partial charge is 0.312 e. The van der Waals surface area contributed by atoms with E-state index in [1.165, 1.54) is 7.11 Å². The van der Waals surface area contributed by atoms with Gasteiger partial charge in [0, 0.05) is 6.07 Å². The quantitative estimate of drug-likeness (QED) is 0.733. The standard InChI is InChI=1S/C12H16O4/c1-8(12(13)16-4)9-5-10(14-2)7-11(6-9)15-3/h5-8H,1-4H3. The fourth-order valence-corrected chi connectivity index (χ4v) is 1.39. The monoisotopic (exact) mass is 224 g/mol. The molecule has 0 aliphatic carbocycles. The Labute approximate surface area is 95.1 Å². The topological polar surface area (TPSA) is 44.8 Å². The van der Waals surface area contributed by atoms with Crippen molar-refractivity contribution in [1.29, 1.82) is 0 Å². The Balaban J connectivity index is 3.07. The van der Waals surface area contributed by atoms with Crippen molar-refractivity contribution < 1.29 is 19.0 Å².